The van der Waals surface area contributed by atoms with Crippen LogP contribution in [0.2, 0.25) is 0 Å². The van der Waals surface area contributed by atoms with Gasteiger partial charge in [-0.05, 0) is 70.6 Å². The molecule has 14 heteroatoms. The molecule has 0 aromatic rings. The topological polar surface area (TPSA) is 226 Å². The smallest absolute Gasteiger partial charge is 0.393 e. The van der Waals surface area contributed by atoms with Gasteiger partial charge in [-0.15, -0.1) is 0 Å². The van der Waals surface area contributed by atoms with Gasteiger partial charge in [-0.25, -0.2) is 4.57 Å². The molecular weight excluding hydrogens is 753 g/mol. The molecule has 1 rings (SSSR count). The van der Waals surface area contributed by atoms with Gasteiger partial charge in [-0.2, -0.15) is 0 Å². The minimum absolute atomic E-state index is 0.268. The lowest BCUT2D eigenvalue weighted by Crippen LogP contribution is -2.64. The van der Waals surface area contributed by atoms with Crippen molar-refractivity contribution in [3.05, 3.63) is 48.6 Å². The number of allylic oxidation sites excluding steroid dienone is 7. The van der Waals surface area contributed by atoms with Crippen LogP contribution >= 0.6 is 7.82 Å². The normalized spacial score (nSPS) is 24.5. The van der Waals surface area contributed by atoms with Crippen LogP contribution in [0.3, 0.4) is 0 Å². The molecule has 0 bridgehead atoms. The molecule has 332 valence electrons. The molecule has 0 radical (unpaired) electrons. The van der Waals surface area contributed by atoms with E-state index in [1.54, 1.807) is 6.08 Å². The molecule has 0 aromatic carbocycles. The maximum absolute atomic E-state index is 12.9. The Bertz CT molecular complexity index is 1170. The number of carbonyl (C=O) groups is 1. The lowest BCUT2D eigenvalue weighted by Gasteiger charge is -2.41. The van der Waals surface area contributed by atoms with Crippen LogP contribution in [0.5, 0.6) is 0 Å². The summed E-state index contributed by atoms with van der Waals surface area (Å²) in [5.74, 6) is -0.619. The maximum Gasteiger partial charge on any atom is 0.472 e. The van der Waals surface area contributed by atoms with Gasteiger partial charge in [0.15, 0.2) is 0 Å². The van der Waals surface area contributed by atoms with Crippen molar-refractivity contribution in [1.82, 2.24) is 5.32 Å². The molecule has 0 aliphatic heterocycles. The Morgan fingerprint density at radius 2 is 1.04 bits per heavy atom. The largest absolute Gasteiger partial charge is 0.472 e. The average molecular weight is 832 g/mol. The highest BCUT2D eigenvalue weighted by Gasteiger charge is 2.51. The van der Waals surface area contributed by atoms with Crippen LogP contribution in [-0.4, -0.2) is 108 Å². The summed E-state index contributed by atoms with van der Waals surface area (Å²) in [5.41, 5.74) is 0. The number of unbranched alkanes of at least 4 members (excludes halogenated alkanes) is 15. The highest BCUT2D eigenvalue weighted by atomic mass is 31.2. The number of amides is 1. The molecule has 1 aliphatic rings. The number of hydrogen-bond acceptors (Lipinski definition) is 11. The Kier molecular flexibility index (Phi) is 30.9. The van der Waals surface area contributed by atoms with E-state index >= 15 is 0 Å². The van der Waals surface area contributed by atoms with Crippen LogP contribution in [0.4, 0.5) is 0 Å². The number of aliphatic hydroxyl groups is 7. The molecule has 8 unspecified atom stereocenters. The third kappa shape index (κ3) is 25.5. The van der Waals surface area contributed by atoms with E-state index in [4.69, 9.17) is 9.05 Å². The van der Waals surface area contributed by atoms with Crippen molar-refractivity contribution in [1.29, 1.82) is 0 Å². The monoisotopic (exact) mass is 832 g/mol. The molecule has 1 amide bonds. The van der Waals surface area contributed by atoms with Crippen molar-refractivity contribution < 1.29 is 59.0 Å². The zero-order valence-corrected chi connectivity index (χ0v) is 35.6. The molecule has 0 spiro atoms. The van der Waals surface area contributed by atoms with Gasteiger partial charge in [0.1, 0.15) is 36.6 Å². The maximum atomic E-state index is 12.9. The van der Waals surface area contributed by atoms with E-state index in [1.807, 2.05) is 6.08 Å². The molecular formula is C43H78NO12P. The summed E-state index contributed by atoms with van der Waals surface area (Å²) in [6.45, 7) is 3.65. The quantitative estimate of drug-likeness (QED) is 0.0196. The summed E-state index contributed by atoms with van der Waals surface area (Å²) >= 11 is 0. The number of phosphoric acid groups is 1. The van der Waals surface area contributed by atoms with Gasteiger partial charge in [-0.3, -0.25) is 13.8 Å². The van der Waals surface area contributed by atoms with Gasteiger partial charge < -0.3 is 46.0 Å². The fourth-order valence-corrected chi connectivity index (χ4v) is 7.47. The Morgan fingerprint density at radius 3 is 1.58 bits per heavy atom. The zero-order valence-electron chi connectivity index (χ0n) is 34.7. The van der Waals surface area contributed by atoms with Crippen LogP contribution in [0.25, 0.3) is 0 Å². The number of phosphoric ester groups is 1. The third-order valence-electron chi connectivity index (χ3n) is 10.1. The van der Waals surface area contributed by atoms with Crippen molar-refractivity contribution in [3.8, 4) is 0 Å². The predicted octanol–water partition coefficient (Wildman–Crippen LogP) is 6.36. The fraction of sp³-hybridized carbons (Fsp3) is 0.791. The first-order valence-electron chi connectivity index (χ1n) is 21.7. The van der Waals surface area contributed by atoms with E-state index < -0.39 is 75.2 Å². The van der Waals surface area contributed by atoms with Gasteiger partial charge >= 0.3 is 7.82 Å². The summed E-state index contributed by atoms with van der Waals surface area (Å²) in [5, 5.41) is 74.2. The van der Waals surface area contributed by atoms with Crippen LogP contribution in [0.15, 0.2) is 48.6 Å². The molecule has 57 heavy (non-hydrogen) atoms. The van der Waals surface area contributed by atoms with E-state index in [0.717, 1.165) is 51.4 Å². The molecule has 0 saturated heterocycles. The number of rotatable bonds is 34. The van der Waals surface area contributed by atoms with Gasteiger partial charge in [-0.1, -0.05) is 127 Å². The predicted molar refractivity (Wildman–Crippen MR) is 224 cm³/mol. The highest BCUT2D eigenvalue weighted by molar-refractivity contribution is 7.47. The van der Waals surface area contributed by atoms with E-state index in [1.165, 1.54) is 70.3 Å². The number of aliphatic hydroxyl groups excluding tert-OH is 7. The number of nitrogens with one attached hydrogen (secondary N) is 1. The van der Waals surface area contributed by atoms with Crippen LogP contribution in [-0.2, 0) is 18.4 Å². The van der Waals surface area contributed by atoms with E-state index in [9.17, 15) is 50.0 Å². The van der Waals surface area contributed by atoms with Crippen molar-refractivity contribution >= 4 is 13.7 Å². The summed E-state index contributed by atoms with van der Waals surface area (Å²) in [6.07, 6.45) is 23.5. The second kappa shape index (κ2) is 33.0. The first-order valence-corrected chi connectivity index (χ1v) is 23.2. The second-order valence-electron chi connectivity index (χ2n) is 15.4. The molecule has 1 saturated carbocycles. The third-order valence-corrected chi connectivity index (χ3v) is 11.1. The number of carbonyl (C=O) groups excluding carboxylic acids is 1. The highest BCUT2D eigenvalue weighted by Crippen LogP contribution is 2.47. The standard InChI is InChI=1S/C43H78NO12P/c1-3-5-7-9-11-13-15-17-19-20-22-24-26-28-30-34(45)32-37(47)44-35(36(46)31-29-27-25-23-21-18-16-14-12-10-8-6-4-2)33-55-57(53,54)56-43-41(51)39(49)38(48)40(50)42(43)52/h12,14,19-21,23,29,31,34-36,38-43,45-46,48-52H,3-11,13,15-18,22,24-28,30,32-33H2,1-2H3,(H,44,47)(H,53,54)/b14-12+,20-19-,23-21+,31-29+. The van der Waals surface area contributed by atoms with Crippen LogP contribution in [0, 0.1) is 0 Å². The molecule has 1 fully saturated rings. The minimum atomic E-state index is -5.15. The van der Waals surface area contributed by atoms with Crippen LogP contribution < -0.4 is 5.32 Å². The lowest BCUT2D eigenvalue weighted by atomic mass is 9.85. The Balaban J connectivity index is 2.64. The molecule has 13 nitrogen and oxygen atoms in total. The molecule has 0 heterocycles. The summed E-state index contributed by atoms with van der Waals surface area (Å²) in [4.78, 5) is 23.3. The average Bonchev–Trinajstić information content (AvgIpc) is 3.18. The first-order chi connectivity index (χ1) is 27.3. The summed E-state index contributed by atoms with van der Waals surface area (Å²) < 4.78 is 22.8. The zero-order chi connectivity index (χ0) is 42.3. The first kappa shape index (κ1) is 53.3. The summed E-state index contributed by atoms with van der Waals surface area (Å²) in [7, 11) is -5.15. The van der Waals surface area contributed by atoms with Gasteiger partial charge in [0.25, 0.3) is 0 Å². The van der Waals surface area contributed by atoms with E-state index in [-0.39, 0.29) is 6.42 Å². The molecule has 9 N–H and O–H groups in total. The van der Waals surface area contributed by atoms with Crippen molar-refractivity contribution in [2.75, 3.05) is 6.61 Å². The van der Waals surface area contributed by atoms with Gasteiger partial charge in [0.05, 0.1) is 31.3 Å². The van der Waals surface area contributed by atoms with Crippen molar-refractivity contribution in [2.24, 2.45) is 0 Å². The van der Waals surface area contributed by atoms with E-state index in [0.29, 0.717) is 19.3 Å². The number of hydrogen-bond donors (Lipinski definition) is 9. The molecule has 0 aromatic heterocycles. The van der Waals surface area contributed by atoms with E-state index in [2.05, 4.69) is 49.5 Å². The van der Waals surface area contributed by atoms with Crippen LogP contribution in [0.1, 0.15) is 155 Å². The second-order valence-corrected chi connectivity index (χ2v) is 16.8. The lowest BCUT2D eigenvalue weighted by molar-refractivity contribution is -0.220. The molecule has 1 aliphatic carbocycles. The molecule has 8 atom stereocenters. The van der Waals surface area contributed by atoms with Gasteiger partial charge in [0.2, 0.25) is 5.91 Å². The minimum Gasteiger partial charge on any atom is -0.393 e. The Hall–Kier alpha value is -1.74. The van der Waals surface area contributed by atoms with Gasteiger partial charge in [0, 0.05) is 0 Å². The van der Waals surface area contributed by atoms with Crippen molar-refractivity contribution in [2.45, 2.75) is 210 Å². The Labute approximate surface area is 342 Å². The van der Waals surface area contributed by atoms with Crippen molar-refractivity contribution in [3.63, 3.8) is 0 Å². The summed E-state index contributed by atoms with van der Waals surface area (Å²) in [6, 6.07) is -1.27. The fourth-order valence-electron chi connectivity index (χ4n) is 6.50. The SMILES string of the molecule is CCCCC/C=C/CC/C=C/CC/C=C/C(O)C(COP(=O)(O)OC1C(O)C(O)C(O)C(O)C1O)NC(=O)CC(O)CCCCC/C=C\CCCCCCCCC. The Morgan fingerprint density at radius 1 is 0.614 bits per heavy atom.